The van der Waals surface area contributed by atoms with Crippen LogP contribution in [-0.4, -0.2) is 173 Å². The van der Waals surface area contributed by atoms with Crippen LogP contribution < -0.4 is 37.6 Å². The van der Waals surface area contributed by atoms with Gasteiger partial charge in [0.1, 0.15) is 48.3 Å². The number of amides is 9. The van der Waals surface area contributed by atoms with Gasteiger partial charge < -0.3 is 71.5 Å². The maximum absolute atomic E-state index is 14.5. The average Bonchev–Trinajstić information content (AvgIpc) is 1.64. The van der Waals surface area contributed by atoms with Crippen LogP contribution in [0.1, 0.15) is 169 Å². The lowest BCUT2D eigenvalue weighted by atomic mass is 9.72. The predicted octanol–water partition coefficient (Wildman–Crippen LogP) is 5.75. The molecule has 0 radical (unpaired) electrons. The molecule has 26 nitrogen and oxygen atoms in total. The van der Waals surface area contributed by atoms with Crippen molar-refractivity contribution in [2.75, 3.05) is 39.0 Å². The van der Waals surface area contributed by atoms with Crippen molar-refractivity contribution in [2.45, 2.75) is 220 Å². The number of aliphatic hydroxyl groups is 1. The number of aryl methyl sites for hydroxylation is 1. The summed E-state index contributed by atoms with van der Waals surface area (Å²) in [5, 5.41) is 28.3. The van der Waals surface area contributed by atoms with Gasteiger partial charge in [-0.2, -0.15) is 0 Å². The average molecular weight is 1320 g/mol. The summed E-state index contributed by atoms with van der Waals surface area (Å²) in [5.41, 5.74) is 3.20. The number of cyclic esters (lactones) is 1. The molecule has 0 spiro atoms. The van der Waals surface area contributed by atoms with Gasteiger partial charge in [-0.1, -0.05) is 60.1 Å². The Labute approximate surface area is 550 Å². The number of hydrogen-bond acceptors (Lipinski definition) is 18. The van der Waals surface area contributed by atoms with E-state index in [-0.39, 0.29) is 75.0 Å². The minimum absolute atomic E-state index is 0.0287. The van der Waals surface area contributed by atoms with Crippen molar-refractivity contribution in [3.8, 4) is 0 Å². The monoisotopic (exact) mass is 1320 g/mol. The number of Topliss-reactive ketones (excluding diaryl/α,β-unsaturated/α-hetero) is 1. The molecule has 1 aromatic carbocycles. The molecule has 0 aliphatic carbocycles. The highest BCUT2D eigenvalue weighted by atomic mass is 32.1. The standard InChI is InChI=1S/C66H100N10O16S/c1-37(2)54(73-51(78)20-15-21-52(79)76-30-26-44(27-31-76)57(82)68-13)59(84)72-47(19-17-29-69-62(67)87)58(83)71-45-24-22-43(23-25-45)36-89-63(88)74-65(10,11)61(86)75(14)41(6)60(85)91-55-38(3)18-16-28-66(12)50(92-66)33-48(39(4)32-46-35-70-42(7)93-46)90-53(80)34-49(77)64(8,9)56(81)40(55)5/h22-25,32,35,37-38,40-41,44,47-50,54-55,77H,15-21,26-31,33-34,36H2,1-14H3,(H,68,82)(H,71,83)(H,72,84)(H,73,78)(H,74,88)(H3,67,69,87)/b39-32+/t38-,40+,41-,47-,48-,49-,50-,54-,55?,66+/m0/s1. The summed E-state index contributed by atoms with van der Waals surface area (Å²) in [5.74, 6) is -6.38. The van der Waals surface area contributed by atoms with Crippen molar-refractivity contribution >= 4 is 88.4 Å². The largest absolute Gasteiger partial charge is 0.460 e. The number of nitrogens with one attached hydrogen (secondary N) is 6. The number of nitrogens with zero attached hydrogens (tertiary/aromatic N) is 3. The number of hydrogen-bond donors (Lipinski definition) is 8. The normalized spacial score (nSPS) is 23.3. The molecule has 0 saturated carbocycles. The van der Waals surface area contributed by atoms with E-state index in [9.17, 15) is 57.8 Å². The molecule has 1 aromatic heterocycles. The number of primary amides is 1. The Kier molecular flexibility index (Phi) is 27.9. The number of anilines is 1. The second-order valence-corrected chi connectivity index (χ2v) is 27.9. The van der Waals surface area contributed by atoms with E-state index in [0.717, 1.165) is 20.4 Å². The minimum atomic E-state index is -1.62. The van der Waals surface area contributed by atoms with Crippen LogP contribution in [-0.2, 0) is 68.7 Å². The van der Waals surface area contributed by atoms with Gasteiger partial charge in [0.05, 0.1) is 40.6 Å². The molecule has 3 aliphatic rings. The van der Waals surface area contributed by atoms with Gasteiger partial charge in [0.25, 0.3) is 0 Å². The number of piperidine rings is 1. The van der Waals surface area contributed by atoms with E-state index in [1.807, 2.05) is 33.8 Å². The van der Waals surface area contributed by atoms with Gasteiger partial charge in [-0.3, -0.25) is 38.4 Å². The van der Waals surface area contributed by atoms with E-state index in [4.69, 9.17) is 24.7 Å². The van der Waals surface area contributed by atoms with Crippen LogP contribution in [0.5, 0.6) is 0 Å². The number of carbonyl (C=O) groups excluding carboxylic acids is 11. The van der Waals surface area contributed by atoms with Gasteiger partial charge in [0.15, 0.2) is 0 Å². The number of carbonyl (C=O) groups is 11. The molecule has 9 N–H and O–H groups in total. The Morgan fingerprint density at radius 3 is 2.24 bits per heavy atom. The number of alkyl carbamates (subject to hydrolysis) is 1. The molecule has 27 heteroatoms. The lowest BCUT2D eigenvalue weighted by molar-refractivity contribution is -0.167. The van der Waals surface area contributed by atoms with Crippen molar-refractivity contribution in [3.63, 3.8) is 0 Å². The van der Waals surface area contributed by atoms with Gasteiger partial charge in [0, 0.05) is 75.7 Å². The second kappa shape index (κ2) is 34.1. The van der Waals surface area contributed by atoms with Crippen molar-refractivity contribution in [1.29, 1.82) is 0 Å². The maximum Gasteiger partial charge on any atom is 0.408 e. The highest BCUT2D eigenvalue weighted by Gasteiger charge is 2.53. The third kappa shape index (κ3) is 22.3. The van der Waals surface area contributed by atoms with E-state index in [2.05, 4.69) is 36.9 Å². The number of aromatic nitrogens is 1. The Morgan fingerprint density at radius 2 is 1.62 bits per heavy atom. The molecule has 3 aliphatic heterocycles. The molecule has 93 heavy (non-hydrogen) atoms. The number of epoxide rings is 1. The molecular weight excluding hydrogens is 1220 g/mol. The van der Waals surface area contributed by atoms with Crippen molar-refractivity contribution < 1.29 is 76.8 Å². The number of fused-ring (bicyclic) bond motifs is 1. The first-order valence-electron chi connectivity index (χ1n) is 32.2. The number of thiazole rings is 1. The smallest absolute Gasteiger partial charge is 0.408 e. The lowest BCUT2D eigenvalue weighted by Gasteiger charge is -2.37. The van der Waals surface area contributed by atoms with Crippen LogP contribution in [0.25, 0.3) is 6.08 Å². The number of benzene rings is 1. The number of nitrogens with two attached hydrogens (primary N) is 1. The Hall–Kier alpha value is -7.52. The third-order valence-corrected chi connectivity index (χ3v) is 18.9. The van der Waals surface area contributed by atoms with Crippen molar-refractivity contribution in [1.82, 2.24) is 41.4 Å². The van der Waals surface area contributed by atoms with Crippen LogP contribution in [0, 0.1) is 36.0 Å². The zero-order chi connectivity index (χ0) is 69.3. The van der Waals surface area contributed by atoms with E-state index in [1.54, 1.807) is 77.0 Å². The van der Waals surface area contributed by atoms with Gasteiger partial charge >= 0.3 is 24.1 Å². The van der Waals surface area contributed by atoms with E-state index in [1.165, 1.54) is 39.2 Å². The minimum Gasteiger partial charge on any atom is -0.460 e. The molecule has 1 unspecified atom stereocenters. The molecule has 3 fully saturated rings. The fourth-order valence-corrected chi connectivity index (χ4v) is 12.5. The van der Waals surface area contributed by atoms with Gasteiger partial charge in [-0.05, 0) is 128 Å². The first-order chi connectivity index (χ1) is 43.6. The number of ether oxygens (including phenoxy) is 4. The van der Waals surface area contributed by atoms with Crippen LogP contribution in [0.4, 0.5) is 15.3 Å². The highest BCUT2D eigenvalue weighted by molar-refractivity contribution is 7.12. The molecule has 2 aromatic rings. The van der Waals surface area contributed by atoms with Crippen LogP contribution in [0.3, 0.4) is 0 Å². The highest BCUT2D eigenvalue weighted by Crippen LogP contribution is 2.45. The first-order valence-corrected chi connectivity index (χ1v) is 33.0. The second-order valence-electron chi connectivity index (χ2n) is 26.7. The van der Waals surface area contributed by atoms with E-state index >= 15 is 0 Å². The molecule has 3 saturated heterocycles. The van der Waals surface area contributed by atoms with Crippen LogP contribution in [0.2, 0.25) is 0 Å². The first kappa shape index (κ1) is 76.2. The summed E-state index contributed by atoms with van der Waals surface area (Å²) in [6.07, 6.45) is 2.83. The van der Waals surface area contributed by atoms with Gasteiger partial charge in [-0.15, -0.1) is 11.3 Å². The fourth-order valence-electron chi connectivity index (χ4n) is 11.7. The fraction of sp³-hybridized carbons (Fsp3) is 0.667. The molecular formula is C66H100N10O16S. The maximum atomic E-state index is 14.5. The van der Waals surface area contributed by atoms with Gasteiger partial charge in [0.2, 0.25) is 35.4 Å². The zero-order valence-corrected chi connectivity index (χ0v) is 57.3. The number of aliphatic hydroxyl groups excluding tert-OH is 1. The van der Waals surface area contributed by atoms with Crippen LogP contribution >= 0.6 is 11.3 Å². The summed E-state index contributed by atoms with van der Waals surface area (Å²) in [7, 11) is 2.96. The molecule has 10 atom stereocenters. The molecule has 5 rings (SSSR count). The van der Waals surface area contributed by atoms with Crippen molar-refractivity contribution in [3.05, 3.63) is 51.5 Å². The Bertz CT molecular complexity index is 3020. The van der Waals surface area contributed by atoms with E-state index in [0.29, 0.717) is 62.9 Å². The molecule has 9 amide bonds. The number of likely N-dealkylation sites (N-methyl/N-ethyl adjacent to an activating group) is 1. The molecule has 4 heterocycles. The summed E-state index contributed by atoms with van der Waals surface area (Å²) in [6, 6.07) is 2.10. The third-order valence-electron chi connectivity index (χ3n) is 18.0. The summed E-state index contributed by atoms with van der Waals surface area (Å²) in [4.78, 5) is 155. The number of ketones is 1. The Balaban J connectivity index is 1.14. The van der Waals surface area contributed by atoms with Gasteiger partial charge in [-0.25, -0.2) is 19.4 Å². The SMILES string of the molecule is CNC(=O)C1CCN(C(=O)CCCC(=O)N[C@H](C(=O)N[C@@H](CCCNC(N)=O)C(=O)Nc2ccc(COC(=O)NC(C)(C)C(=O)N(C)[C@@H](C)C(=O)OC3[C@@H](C)CCC[C@@]4(C)O[C@H]4C[C@@H](/C(C)=C/c4cnc(C)s4)OC(=O)C[C@H](O)C(C)(C)C(=O)[C@@H]3C)cc2)C(C)C)CC1. The predicted molar refractivity (Wildman–Crippen MR) is 347 cm³/mol. The van der Waals surface area contributed by atoms with Crippen LogP contribution in [0.15, 0.2) is 36.0 Å². The quantitative estimate of drug-likeness (QED) is 0.0268. The number of likely N-dealkylation sites (tertiary alicyclic amines) is 1. The number of urea groups is 1. The summed E-state index contributed by atoms with van der Waals surface area (Å²) >= 11 is 1.51. The topological polar surface area (TPSA) is 366 Å². The number of rotatable bonds is 24. The summed E-state index contributed by atoms with van der Waals surface area (Å²) in [6.45, 7) is 20.9. The molecule has 516 valence electrons. The zero-order valence-electron chi connectivity index (χ0n) is 56.5. The molecule has 0 bridgehead atoms. The Morgan fingerprint density at radius 1 is 0.957 bits per heavy atom. The number of esters is 2. The lowest BCUT2D eigenvalue weighted by Crippen LogP contribution is -2.58. The van der Waals surface area contributed by atoms with Crippen molar-refractivity contribution in [2.24, 2.45) is 34.8 Å². The summed E-state index contributed by atoms with van der Waals surface area (Å²) < 4.78 is 23.9. The van der Waals surface area contributed by atoms with E-state index < -0.39 is 125 Å².